The van der Waals surface area contributed by atoms with Crippen LogP contribution in [0.4, 0.5) is 4.39 Å². The maximum absolute atomic E-state index is 13.1. The molecule has 2 atom stereocenters. The average molecular weight is 297 g/mol. The third-order valence-corrected chi connectivity index (χ3v) is 3.39. The van der Waals surface area contributed by atoms with E-state index in [1.165, 1.54) is 12.1 Å². The summed E-state index contributed by atoms with van der Waals surface area (Å²) in [4.78, 5) is 0. The number of benzene rings is 1. The summed E-state index contributed by atoms with van der Waals surface area (Å²) in [5, 5.41) is 13.0. The molecule has 0 saturated heterocycles. The number of hydrogen-bond acceptors (Lipinski definition) is 3. The zero-order valence-electron chi connectivity index (χ0n) is 13.3. The molecule has 0 aliphatic carbocycles. The quantitative estimate of drug-likeness (QED) is 0.651. The van der Waals surface area contributed by atoms with Gasteiger partial charge in [-0.25, -0.2) is 4.39 Å². The van der Waals surface area contributed by atoms with Crippen LogP contribution >= 0.6 is 0 Å². The minimum absolute atomic E-state index is 0.00343. The monoisotopic (exact) mass is 297 g/mol. The lowest BCUT2D eigenvalue weighted by molar-refractivity contribution is 0.0337. The molecule has 0 amide bonds. The lowest BCUT2D eigenvalue weighted by Gasteiger charge is -2.18. The van der Waals surface area contributed by atoms with E-state index in [0.717, 1.165) is 18.4 Å². The molecule has 3 nitrogen and oxygen atoms in total. The zero-order chi connectivity index (χ0) is 15.7. The molecule has 0 aliphatic heterocycles. The van der Waals surface area contributed by atoms with Crippen LogP contribution in [0.1, 0.15) is 45.2 Å². The molecule has 0 radical (unpaired) electrons. The highest BCUT2D eigenvalue weighted by molar-refractivity contribution is 5.19. The van der Waals surface area contributed by atoms with E-state index in [0.29, 0.717) is 25.7 Å². The van der Waals surface area contributed by atoms with Gasteiger partial charge < -0.3 is 15.2 Å². The van der Waals surface area contributed by atoms with Crippen molar-refractivity contribution in [1.29, 1.82) is 0 Å². The van der Waals surface area contributed by atoms with Gasteiger partial charge in [0.05, 0.1) is 12.7 Å². The van der Waals surface area contributed by atoms with E-state index in [1.54, 1.807) is 6.07 Å². The molecule has 1 aromatic carbocycles. The standard InChI is InChI=1S/C17H28FNO2/c1-13(2)6-5-9-21-12-17(20)11-19-14(3)15-7-4-8-16(18)10-15/h4,7-8,10,13-14,17,19-20H,5-6,9,11-12H2,1-3H3/t14-,17?/m1/s1. The molecule has 0 aromatic heterocycles. The lowest BCUT2D eigenvalue weighted by atomic mass is 10.1. The summed E-state index contributed by atoms with van der Waals surface area (Å²) in [6, 6.07) is 6.49. The SMILES string of the molecule is CC(C)CCCOCC(O)CN[C@H](C)c1cccc(F)c1. The third kappa shape index (κ3) is 8.15. The Hall–Kier alpha value is -0.970. The van der Waals surface area contributed by atoms with Gasteiger partial charge in [-0.3, -0.25) is 0 Å². The molecule has 1 unspecified atom stereocenters. The number of aliphatic hydroxyl groups is 1. The van der Waals surface area contributed by atoms with Gasteiger partial charge in [-0.05, 0) is 43.4 Å². The maximum atomic E-state index is 13.1. The van der Waals surface area contributed by atoms with Crippen molar-refractivity contribution in [1.82, 2.24) is 5.32 Å². The van der Waals surface area contributed by atoms with E-state index < -0.39 is 6.10 Å². The Morgan fingerprint density at radius 2 is 2.05 bits per heavy atom. The molecule has 1 rings (SSSR count). The highest BCUT2D eigenvalue weighted by atomic mass is 19.1. The second kappa shape index (κ2) is 9.87. The number of aliphatic hydroxyl groups excluding tert-OH is 1. The minimum Gasteiger partial charge on any atom is -0.389 e. The zero-order valence-corrected chi connectivity index (χ0v) is 13.3. The first kappa shape index (κ1) is 18.1. The fourth-order valence-corrected chi connectivity index (χ4v) is 2.08. The largest absolute Gasteiger partial charge is 0.389 e. The van der Waals surface area contributed by atoms with Gasteiger partial charge in [0.25, 0.3) is 0 Å². The average Bonchev–Trinajstić information content (AvgIpc) is 2.44. The Kier molecular flexibility index (Phi) is 8.50. The second-order valence-corrected chi connectivity index (χ2v) is 5.95. The maximum Gasteiger partial charge on any atom is 0.123 e. The molecule has 4 heteroatoms. The van der Waals surface area contributed by atoms with Crippen molar-refractivity contribution in [3.05, 3.63) is 35.6 Å². The van der Waals surface area contributed by atoms with Crippen LogP contribution in [0.15, 0.2) is 24.3 Å². The first-order chi connectivity index (χ1) is 9.99. The second-order valence-electron chi connectivity index (χ2n) is 5.95. The van der Waals surface area contributed by atoms with E-state index in [1.807, 2.05) is 13.0 Å². The van der Waals surface area contributed by atoms with Gasteiger partial charge in [0.1, 0.15) is 5.82 Å². The van der Waals surface area contributed by atoms with Crippen molar-refractivity contribution >= 4 is 0 Å². The summed E-state index contributed by atoms with van der Waals surface area (Å²) in [5.74, 6) is 0.447. The number of rotatable bonds is 10. The lowest BCUT2D eigenvalue weighted by Crippen LogP contribution is -2.32. The van der Waals surface area contributed by atoms with E-state index in [2.05, 4.69) is 19.2 Å². The van der Waals surface area contributed by atoms with Crippen LogP contribution < -0.4 is 5.32 Å². The Labute approximate surface area is 127 Å². The molecule has 120 valence electrons. The van der Waals surface area contributed by atoms with E-state index in [4.69, 9.17) is 4.74 Å². The third-order valence-electron chi connectivity index (χ3n) is 3.39. The first-order valence-electron chi connectivity index (χ1n) is 7.73. The molecule has 0 aliphatic rings. The number of ether oxygens (including phenoxy) is 1. The molecule has 1 aromatic rings. The van der Waals surface area contributed by atoms with Gasteiger partial charge in [0.2, 0.25) is 0 Å². The van der Waals surface area contributed by atoms with Crippen LogP contribution in [-0.2, 0) is 4.74 Å². The van der Waals surface area contributed by atoms with E-state index in [9.17, 15) is 9.50 Å². The Balaban J connectivity index is 2.16. The normalized spacial score (nSPS) is 14.4. The first-order valence-corrected chi connectivity index (χ1v) is 7.73. The smallest absolute Gasteiger partial charge is 0.123 e. The van der Waals surface area contributed by atoms with Crippen molar-refractivity contribution in [3.8, 4) is 0 Å². The summed E-state index contributed by atoms with van der Waals surface area (Å²) in [7, 11) is 0. The van der Waals surface area contributed by atoms with Crippen LogP contribution in [-0.4, -0.2) is 31.0 Å². The summed E-state index contributed by atoms with van der Waals surface area (Å²) >= 11 is 0. The van der Waals surface area contributed by atoms with Crippen LogP contribution in [0.25, 0.3) is 0 Å². The van der Waals surface area contributed by atoms with Gasteiger partial charge in [0, 0.05) is 19.2 Å². The van der Waals surface area contributed by atoms with Crippen LogP contribution in [0.3, 0.4) is 0 Å². The van der Waals surface area contributed by atoms with Gasteiger partial charge in [-0.15, -0.1) is 0 Å². The van der Waals surface area contributed by atoms with Gasteiger partial charge >= 0.3 is 0 Å². The molecule has 21 heavy (non-hydrogen) atoms. The molecule has 0 heterocycles. The highest BCUT2D eigenvalue weighted by Gasteiger charge is 2.09. The Morgan fingerprint density at radius 1 is 1.29 bits per heavy atom. The minimum atomic E-state index is -0.542. The van der Waals surface area contributed by atoms with Crippen molar-refractivity contribution in [2.45, 2.75) is 45.8 Å². The Morgan fingerprint density at radius 3 is 2.71 bits per heavy atom. The fraction of sp³-hybridized carbons (Fsp3) is 0.647. The summed E-state index contributed by atoms with van der Waals surface area (Å²) in [6.45, 7) is 7.78. The predicted octanol–water partition coefficient (Wildman–Crippen LogP) is 3.29. The molecule has 2 N–H and O–H groups in total. The number of hydrogen-bond donors (Lipinski definition) is 2. The Bertz CT molecular complexity index is 398. The molecule has 0 spiro atoms. The van der Waals surface area contributed by atoms with Gasteiger partial charge in [-0.2, -0.15) is 0 Å². The highest BCUT2D eigenvalue weighted by Crippen LogP contribution is 2.13. The van der Waals surface area contributed by atoms with Crippen LogP contribution in [0.2, 0.25) is 0 Å². The van der Waals surface area contributed by atoms with Crippen LogP contribution in [0.5, 0.6) is 0 Å². The molecule has 0 bridgehead atoms. The van der Waals surface area contributed by atoms with Crippen molar-refractivity contribution in [3.63, 3.8) is 0 Å². The van der Waals surface area contributed by atoms with E-state index >= 15 is 0 Å². The van der Waals surface area contributed by atoms with Gasteiger partial charge in [-0.1, -0.05) is 26.0 Å². The molecule has 0 saturated carbocycles. The van der Waals surface area contributed by atoms with Crippen LogP contribution in [0, 0.1) is 11.7 Å². The topological polar surface area (TPSA) is 41.5 Å². The number of halogens is 1. The van der Waals surface area contributed by atoms with Gasteiger partial charge in [0.15, 0.2) is 0 Å². The predicted molar refractivity (Wildman–Crippen MR) is 83.7 cm³/mol. The fourth-order valence-electron chi connectivity index (χ4n) is 2.08. The van der Waals surface area contributed by atoms with E-state index in [-0.39, 0.29) is 11.9 Å². The summed E-state index contributed by atoms with van der Waals surface area (Å²) in [6.07, 6.45) is 1.63. The molecular weight excluding hydrogens is 269 g/mol. The summed E-state index contributed by atoms with van der Waals surface area (Å²) in [5.41, 5.74) is 0.875. The molecular formula is C17H28FNO2. The van der Waals surface area contributed by atoms with Crippen molar-refractivity contribution < 1.29 is 14.2 Å². The van der Waals surface area contributed by atoms with Crippen molar-refractivity contribution in [2.24, 2.45) is 5.92 Å². The molecule has 0 fully saturated rings. The van der Waals surface area contributed by atoms with Crippen molar-refractivity contribution in [2.75, 3.05) is 19.8 Å². The summed E-state index contributed by atoms with van der Waals surface area (Å²) < 4.78 is 18.6. The number of nitrogens with one attached hydrogen (secondary N) is 1.